The zero-order valence-corrected chi connectivity index (χ0v) is 9.10. The molecule has 0 aliphatic carbocycles. The maximum Gasteiger partial charge on any atom is 0.343 e. The number of hydrogen-bond acceptors (Lipinski definition) is 4. The number of hydrogen-bond donors (Lipinski definition) is 0. The molecular weight excluding hydrogens is 215 g/mol. The van der Waals surface area contributed by atoms with E-state index in [1.165, 1.54) is 38.5 Å². The lowest BCUT2D eigenvalue weighted by molar-refractivity contribution is -0.148. The molecule has 0 aliphatic rings. The number of methoxy groups -OCH3 is 2. The Bertz CT molecular complexity index is 336. The number of ether oxygens (including phenoxy) is 3. The van der Waals surface area contributed by atoms with E-state index in [4.69, 9.17) is 14.2 Å². The molecule has 1 rings (SSSR count). The van der Waals surface area contributed by atoms with Gasteiger partial charge in [0.2, 0.25) is 0 Å². The Balaban J connectivity index is 2.59. The van der Waals surface area contributed by atoms with E-state index < -0.39 is 12.1 Å². The summed E-state index contributed by atoms with van der Waals surface area (Å²) in [5.41, 5.74) is 0. The summed E-state index contributed by atoms with van der Waals surface area (Å²) in [6.07, 6.45) is -0.782. The summed E-state index contributed by atoms with van der Waals surface area (Å²) in [6.45, 7) is 0.108. The molecule has 1 unspecified atom stereocenters. The first kappa shape index (κ1) is 12.6. The molecule has 0 saturated heterocycles. The number of halogens is 1. The predicted molar refractivity (Wildman–Crippen MR) is 54.7 cm³/mol. The van der Waals surface area contributed by atoms with E-state index in [1.807, 2.05) is 0 Å². The molecule has 0 radical (unpaired) electrons. The van der Waals surface area contributed by atoms with Crippen molar-refractivity contribution in [1.29, 1.82) is 0 Å². The third kappa shape index (κ3) is 3.60. The second-order valence-electron chi connectivity index (χ2n) is 3.05. The van der Waals surface area contributed by atoms with Gasteiger partial charge in [-0.2, -0.15) is 0 Å². The van der Waals surface area contributed by atoms with E-state index in [0.717, 1.165) is 0 Å². The molecule has 4 nitrogen and oxygen atoms in total. The quantitative estimate of drug-likeness (QED) is 0.564. The molecule has 1 aromatic rings. The van der Waals surface area contributed by atoms with E-state index in [2.05, 4.69) is 0 Å². The molecule has 0 fully saturated rings. The lowest BCUT2D eigenvalue weighted by Gasteiger charge is -2.12. The van der Waals surface area contributed by atoms with Gasteiger partial charge in [-0.1, -0.05) is 0 Å². The largest absolute Gasteiger partial charge is 0.425 e. The zero-order chi connectivity index (χ0) is 12.0. The summed E-state index contributed by atoms with van der Waals surface area (Å²) in [5.74, 6) is -0.694. The molecule has 0 aromatic heterocycles. The average molecular weight is 228 g/mol. The van der Waals surface area contributed by atoms with Crippen LogP contribution in [0.4, 0.5) is 4.39 Å². The lowest BCUT2D eigenvalue weighted by Crippen LogP contribution is -2.31. The fourth-order valence-electron chi connectivity index (χ4n) is 1.07. The van der Waals surface area contributed by atoms with Crippen LogP contribution in [-0.2, 0) is 14.3 Å². The lowest BCUT2D eigenvalue weighted by atomic mass is 10.3. The maximum absolute atomic E-state index is 12.6. The van der Waals surface area contributed by atoms with E-state index in [-0.39, 0.29) is 18.2 Å². The van der Waals surface area contributed by atoms with Crippen LogP contribution in [0.25, 0.3) is 0 Å². The second-order valence-corrected chi connectivity index (χ2v) is 3.05. The first-order chi connectivity index (χ1) is 7.67. The molecule has 16 heavy (non-hydrogen) atoms. The van der Waals surface area contributed by atoms with Crippen molar-refractivity contribution in [3.05, 3.63) is 30.1 Å². The van der Waals surface area contributed by atoms with Crippen LogP contribution in [0, 0.1) is 5.82 Å². The SMILES string of the molecule is COCC(OC)C(=O)Oc1ccc(F)cc1. The molecule has 0 bridgehead atoms. The number of esters is 1. The molecule has 1 atom stereocenters. The van der Waals surface area contributed by atoms with E-state index in [1.54, 1.807) is 0 Å². The van der Waals surface area contributed by atoms with Gasteiger partial charge in [0, 0.05) is 14.2 Å². The first-order valence-electron chi connectivity index (χ1n) is 4.66. The van der Waals surface area contributed by atoms with Gasteiger partial charge >= 0.3 is 5.97 Å². The minimum absolute atomic E-state index is 0.108. The molecule has 1 aromatic carbocycles. The van der Waals surface area contributed by atoms with Crippen LogP contribution in [0.1, 0.15) is 0 Å². The van der Waals surface area contributed by atoms with Gasteiger partial charge in [0.25, 0.3) is 0 Å². The van der Waals surface area contributed by atoms with Crippen LogP contribution >= 0.6 is 0 Å². The molecular formula is C11H13FO4. The molecule has 0 heterocycles. The summed E-state index contributed by atoms with van der Waals surface area (Å²) in [4.78, 5) is 11.5. The van der Waals surface area contributed by atoms with Crippen molar-refractivity contribution in [2.45, 2.75) is 6.10 Å². The van der Waals surface area contributed by atoms with E-state index >= 15 is 0 Å². The summed E-state index contributed by atoms with van der Waals surface area (Å²) in [7, 11) is 2.84. The van der Waals surface area contributed by atoms with Gasteiger partial charge in [-0.3, -0.25) is 0 Å². The Morgan fingerprint density at radius 2 is 1.94 bits per heavy atom. The molecule has 0 aliphatic heterocycles. The average Bonchev–Trinajstić information content (AvgIpc) is 2.29. The topological polar surface area (TPSA) is 44.8 Å². The van der Waals surface area contributed by atoms with Gasteiger partial charge in [0.1, 0.15) is 11.6 Å². The van der Waals surface area contributed by atoms with Gasteiger partial charge in [-0.25, -0.2) is 9.18 Å². The normalized spacial score (nSPS) is 12.2. The Labute approximate surface area is 92.9 Å². The van der Waals surface area contributed by atoms with Crippen LogP contribution in [0.5, 0.6) is 5.75 Å². The van der Waals surface area contributed by atoms with E-state index in [0.29, 0.717) is 0 Å². The molecule has 5 heteroatoms. The first-order valence-corrected chi connectivity index (χ1v) is 4.66. The van der Waals surface area contributed by atoms with Crippen LogP contribution < -0.4 is 4.74 Å². The standard InChI is InChI=1S/C11H13FO4/c1-14-7-10(15-2)11(13)16-9-5-3-8(12)4-6-9/h3-6,10H,7H2,1-2H3. The number of carbonyl (C=O) groups excluding carboxylic acids is 1. The third-order valence-corrected chi connectivity index (χ3v) is 1.90. The fraction of sp³-hybridized carbons (Fsp3) is 0.364. The van der Waals surface area contributed by atoms with Crippen molar-refractivity contribution in [3.63, 3.8) is 0 Å². The summed E-state index contributed by atoms with van der Waals surface area (Å²) >= 11 is 0. The zero-order valence-electron chi connectivity index (χ0n) is 9.10. The van der Waals surface area contributed by atoms with Crippen molar-refractivity contribution in [1.82, 2.24) is 0 Å². The molecule has 0 saturated carbocycles. The molecule has 88 valence electrons. The highest BCUT2D eigenvalue weighted by molar-refractivity contribution is 5.77. The van der Waals surface area contributed by atoms with Gasteiger partial charge in [0.05, 0.1) is 6.61 Å². The number of rotatable bonds is 5. The Morgan fingerprint density at radius 1 is 1.31 bits per heavy atom. The molecule has 0 spiro atoms. The summed E-state index contributed by atoms with van der Waals surface area (Å²) < 4.78 is 27.2. The highest BCUT2D eigenvalue weighted by atomic mass is 19.1. The monoisotopic (exact) mass is 228 g/mol. The fourth-order valence-corrected chi connectivity index (χ4v) is 1.07. The Kier molecular flexibility index (Phi) is 4.88. The minimum atomic E-state index is -0.782. The van der Waals surface area contributed by atoms with Crippen molar-refractivity contribution in [2.24, 2.45) is 0 Å². The Hall–Kier alpha value is -1.46. The van der Waals surface area contributed by atoms with Crippen molar-refractivity contribution < 1.29 is 23.4 Å². The predicted octanol–water partition coefficient (Wildman–Crippen LogP) is 1.39. The third-order valence-electron chi connectivity index (χ3n) is 1.90. The number of benzene rings is 1. The van der Waals surface area contributed by atoms with Crippen LogP contribution in [0.2, 0.25) is 0 Å². The van der Waals surface area contributed by atoms with Crippen LogP contribution in [0.3, 0.4) is 0 Å². The highest BCUT2D eigenvalue weighted by Crippen LogP contribution is 2.12. The van der Waals surface area contributed by atoms with Crippen LogP contribution in [-0.4, -0.2) is 32.9 Å². The van der Waals surface area contributed by atoms with Crippen LogP contribution in [0.15, 0.2) is 24.3 Å². The van der Waals surface area contributed by atoms with E-state index in [9.17, 15) is 9.18 Å². The van der Waals surface area contributed by atoms with Gasteiger partial charge in [0.15, 0.2) is 6.10 Å². The van der Waals surface area contributed by atoms with Crippen molar-refractivity contribution in [2.75, 3.05) is 20.8 Å². The Morgan fingerprint density at radius 3 is 2.44 bits per heavy atom. The van der Waals surface area contributed by atoms with Crippen molar-refractivity contribution in [3.8, 4) is 5.75 Å². The molecule has 0 N–H and O–H groups in total. The second kappa shape index (κ2) is 6.19. The summed E-state index contributed by atoms with van der Waals surface area (Å²) in [5, 5.41) is 0. The van der Waals surface area contributed by atoms with Gasteiger partial charge in [-0.05, 0) is 24.3 Å². The molecule has 0 amide bonds. The van der Waals surface area contributed by atoms with Gasteiger partial charge in [-0.15, -0.1) is 0 Å². The smallest absolute Gasteiger partial charge is 0.343 e. The summed E-state index contributed by atoms with van der Waals surface area (Å²) in [6, 6.07) is 5.15. The highest BCUT2D eigenvalue weighted by Gasteiger charge is 2.19. The number of carbonyl (C=O) groups is 1. The van der Waals surface area contributed by atoms with Gasteiger partial charge < -0.3 is 14.2 Å². The minimum Gasteiger partial charge on any atom is -0.425 e. The maximum atomic E-state index is 12.6. The van der Waals surface area contributed by atoms with Crippen molar-refractivity contribution >= 4 is 5.97 Å².